The van der Waals surface area contributed by atoms with Gasteiger partial charge in [-0.3, -0.25) is 9.35 Å². The average Bonchev–Trinajstić information content (AvgIpc) is 1.85. The first kappa shape index (κ1) is 12.0. The lowest BCUT2D eigenvalue weighted by atomic mass is 9.99. The van der Waals surface area contributed by atoms with Crippen LogP contribution in [0.2, 0.25) is 0 Å². The zero-order valence-electron chi connectivity index (χ0n) is 7.54. The standard InChI is InChI=1S/C7H14O.H3NO2S/c1-7(2)5-3-4-6-8-7;1-4(2)3/h3-6H2,1-2H3;1H2,(H,2,3)/p-1. The van der Waals surface area contributed by atoms with Crippen molar-refractivity contribution in [3.63, 3.8) is 0 Å². The molecule has 1 rings (SSSR count). The molecule has 1 aliphatic heterocycles. The summed E-state index contributed by atoms with van der Waals surface area (Å²) in [4.78, 5) is 0. The van der Waals surface area contributed by atoms with E-state index in [2.05, 4.69) is 19.0 Å². The summed E-state index contributed by atoms with van der Waals surface area (Å²) < 4.78 is 23.0. The number of hydrogen-bond acceptors (Lipinski definition) is 3. The van der Waals surface area contributed by atoms with Crippen LogP contribution in [-0.4, -0.2) is 21.0 Å². The topological polar surface area (TPSA) is 75.4 Å². The molecule has 1 fully saturated rings. The molecule has 2 N–H and O–H groups in total. The Bertz CT molecular complexity index is 138. The lowest BCUT2D eigenvalue weighted by Crippen LogP contribution is -2.28. The van der Waals surface area contributed by atoms with Crippen LogP contribution in [-0.2, 0) is 16.0 Å². The Morgan fingerprint density at radius 2 is 2.00 bits per heavy atom. The Kier molecular flexibility index (Phi) is 5.65. The first-order valence-corrected chi connectivity index (χ1v) is 5.05. The van der Waals surface area contributed by atoms with Crippen molar-refractivity contribution in [2.45, 2.75) is 38.7 Å². The quantitative estimate of drug-likeness (QED) is 0.577. The van der Waals surface area contributed by atoms with E-state index >= 15 is 0 Å². The van der Waals surface area contributed by atoms with Gasteiger partial charge < -0.3 is 9.29 Å². The number of ether oxygens (including phenoxy) is 1. The SMILES string of the molecule is CC1(C)CCCCO1.NS(=O)[O-]. The van der Waals surface area contributed by atoms with Crippen molar-refractivity contribution in [2.24, 2.45) is 5.14 Å². The molecular formula is C7H16NO3S-. The maximum Gasteiger partial charge on any atom is 0.0626 e. The molecule has 1 unspecified atom stereocenters. The summed E-state index contributed by atoms with van der Waals surface area (Å²) in [5.41, 5.74) is 0.179. The molecule has 74 valence electrons. The normalized spacial score (nSPS) is 23.7. The second-order valence-electron chi connectivity index (χ2n) is 3.33. The fraction of sp³-hybridized carbons (Fsp3) is 1.00. The molecule has 1 atom stereocenters. The molecule has 0 spiro atoms. The van der Waals surface area contributed by atoms with E-state index in [0.717, 1.165) is 6.61 Å². The van der Waals surface area contributed by atoms with Crippen molar-refractivity contribution in [3.8, 4) is 0 Å². The average molecular weight is 194 g/mol. The number of nitrogens with two attached hydrogens (primary N) is 1. The molecule has 1 aliphatic rings. The molecule has 4 nitrogen and oxygen atoms in total. The van der Waals surface area contributed by atoms with E-state index in [1.807, 2.05) is 0 Å². The molecule has 0 aromatic heterocycles. The Morgan fingerprint density at radius 3 is 2.17 bits per heavy atom. The van der Waals surface area contributed by atoms with Crippen molar-refractivity contribution < 1.29 is 13.5 Å². The third kappa shape index (κ3) is 8.13. The maximum absolute atomic E-state index is 8.78. The monoisotopic (exact) mass is 194 g/mol. The summed E-state index contributed by atoms with van der Waals surface area (Å²) >= 11 is -2.36. The van der Waals surface area contributed by atoms with Crippen molar-refractivity contribution in [3.05, 3.63) is 0 Å². The van der Waals surface area contributed by atoms with E-state index in [1.165, 1.54) is 19.3 Å². The Labute approximate surface area is 75.9 Å². The number of rotatable bonds is 0. The van der Waals surface area contributed by atoms with Crippen molar-refractivity contribution in [1.29, 1.82) is 0 Å². The highest BCUT2D eigenvalue weighted by Gasteiger charge is 2.20. The zero-order valence-corrected chi connectivity index (χ0v) is 8.36. The highest BCUT2D eigenvalue weighted by Crippen LogP contribution is 2.22. The summed E-state index contributed by atoms with van der Waals surface area (Å²) in [7, 11) is 0. The van der Waals surface area contributed by atoms with E-state index in [9.17, 15) is 0 Å². The second kappa shape index (κ2) is 5.64. The highest BCUT2D eigenvalue weighted by atomic mass is 32.2. The minimum absolute atomic E-state index is 0.179. The van der Waals surface area contributed by atoms with E-state index in [1.54, 1.807) is 0 Å². The molecule has 0 bridgehead atoms. The summed E-state index contributed by atoms with van der Waals surface area (Å²) in [6.07, 6.45) is 3.82. The molecule has 0 radical (unpaired) electrons. The fourth-order valence-electron chi connectivity index (χ4n) is 1.07. The van der Waals surface area contributed by atoms with Crippen LogP contribution in [0.5, 0.6) is 0 Å². The van der Waals surface area contributed by atoms with Gasteiger partial charge in [-0.05, 0) is 33.1 Å². The molecule has 0 aromatic carbocycles. The zero-order chi connectivity index (χ0) is 9.61. The van der Waals surface area contributed by atoms with E-state index in [4.69, 9.17) is 13.5 Å². The van der Waals surface area contributed by atoms with Crippen molar-refractivity contribution in [1.82, 2.24) is 0 Å². The third-order valence-corrected chi connectivity index (χ3v) is 1.67. The van der Waals surface area contributed by atoms with Gasteiger partial charge in [0.2, 0.25) is 0 Å². The largest absolute Gasteiger partial charge is 0.760 e. The van der Waals surface area contributed by atoms with Crippen LogP contribution in [0.4, 0.5) is 0 Å². The second-order valence-corrected chi connectivity index (χ2v) is 3.85. The van der Waals surface area contributed by atoms with Gasteiger partial charge in [0.05, 0.1) is 5.60 Å². The molecule has 0 aromatic rings. The predicted octanol–water partition coefficient (Wildman–Crippen LogP) is 0.705. The molecule has 1 saturated heterocycles. The van der Waals surface area contributed by atoms with Crippen LogP contribution >= 0.6 is 0 Å². The van der Waals surface area contributed by atoms with Gasteiger partial charge in [-0.1, -0.05) is 0 Å². The van der Waals surface area contributed by atoms with Gasteiger partial charge in [0.15, 0.2) is 0 Å². The van der Waals surface area contributed by atoms with Gasteiger partial charge >= 0.3 is 0 Å². The molecule has 5 heteroatoms. The van der Waals surface area contributed by atoms with Crippen LogP contribution in [0.25, 0.3) is 0 Å². The summed E-state index contributed by atoms with van der Waals surface area (Å²) in [5.74, 6) is 0. The van der Waals surface area contributed by atoms with Gasteiger partial charge in [-0.2, -0.15) is 0 Å². The predicted molar refractivity (Wildman–Crippen MR) is 47.0 cm³/mol. The fourth-order valence-corrected chi connectivity index (χ4v) is 1.07. The first-order chi connectivity index (χ1) is 5.44. The molecule has 1 heterocycles. The van der Waals surface area contributed by atoms with Gasteiger partial charge in [-0.15, -0.1) is 0 Å². The Hall–Kier alpha value is 0.0300. The van der Waals surface area contributed by atoms with Gasteiger partial charge in [0.25, 0.3) is 0 Å². The van der Waals surface area contributed by atoms with Crippen LogP contribution in [0, 0.1) is 0 Å². The highest BCUT2D eigenvalue weighted by molar-refractivity contribution is 7.76. The Balaban J connectivity index is 0.000000261. The van der Waals surface area contributed by atoms with Crippen molar-refractivity contribution >= 4 is 11.3 Å². The van der Waals surface area contributed by atoms with Crippen LogP contribution < -0.4 is 5.14 Å². The van der Waals surface area contributed by atoms with E-state index < -0.39 is 11.3 Å². The minimum atomic E-state index is -2.36. The van der Waals surface area contributed by atoms with Gasteiger partial charge in [0.1, 0.15) is 0 Å². The molecule has 0 saturated carbocycles. The smallest absolute Gasteiger partial charge is 0.0626 e. The van der Waals surface area contributed by atoms with Crippen LogP contribution in [0.3, 0.4) is 0 Å². The van der Waals surface area contributed by atoms with E-state index in [0.29, 0.717) is 0 Å². The van der Waals surface area contributed by atoms with Crippen molar-refractivity contribution in [2.75, 3.05) is 6.61 Å². The molecule has 0 aliphatic carbocycles. The summed E-state index contributed by atoms with van der Waals surface area (Å²) in [6, 6.07) is 0. The summed E-state index contributed by atoms with van der Waals surface area (Å²) in [5, 5.41) is 4.03. The lowest BCUT2D eigenvalue weighted by Gasteiger charge is -2.29. The van der Waals surface area contributed by atoms with Crippen LogP contribution in [0.1, 0.15) is 33.1 Å². The van der Waals surface area contributed by atoms with E-state index in [-0.39, 0.29) is 5.60 Å². The summed E-state index contributed by atoms with van der Waals surface area (Å²) in [6.45, 7) is 5.28. The molecular weight excluding hydrogens is 178 g/mol. The Morgan fingerprint density at radius 1 is 1.50 bits per heavy atom. The maximum atomic E-state index is 8.78. The van der Waals surface area contributed by atoms with Crippen LogP contribution in [0.15, 0.2) is 0 Å². The minimum Gasteiger partial charge on any atom is -0.760 e. The first-order valence-electron chi connectivity index (χ1n) is 3.92. The third-order valence-electron chi connectivity index (χ3n) is 1.67. The molecule has 12 heavy (non-hydrogen) atoms. The van der Waals surface area contributed by atoms with Gasteiger partial charge in [0, 0.05) is 17.9 Å². The molecule has 0 amide bonds. The lowest BCUT2D eigenvalue weighted by molar-refractivity contribution is -0.0511. The number of hydrogen-bond donors (Lipinski definition) is 1. The van der Waals surface area contributed by atoms with Gasteiger partial charge in [-0.25, -0.2) is 0 Å².